The number of fused-ring (bicyclic) bond motifs is 1. The number of aromatic nitrogens is 2. The average molecular weight is 361 g/mol. The number of nitrogens with zero attached hydrogens (tertiary/aromatic N) is 3. The minimum absolute atomic E-state index is 0.0210. The molecule has 0 spiro atoms. The van der Waals surface area contributed by atoms with Crippen LogP contribution in [0.1, 0.15) is 32.9 Å². The number of carbonyl (C=O) groups excluding carboxylic acids is 1. The molecule has 2 heterocycles. The monoisotopic (exact) mass is 361 g/mol. The summed E-state index contributed by atoms with van der Waals surface area (Å²) in [6, 6.07) is 13.7. The van der Waals surface area contributed by atoms with Gasteiger partial charge in [-0.3, -0.25) is 4.79 Å². The van der Waals surface area contributed by atoms with E-state index < -0.39 is 0 Å². The lowest BCUT2D eigenvalue weighted by Crippen LogP contribution is -2.54. The Hall–Kier alpha value is -2.79. The zero-order valence-electron chi connectivity index (χ0n) is 15.9. The van der Waals surface area contributed by atoms with Gasteiger partial charge in [0.15, 0.2) is 0 Å². The minimum Gasteiger partial charge on any atom is -0.370 e. The fourth-order valence-electron chi connectivity index (χ4n) is 3.24. The van der Waals surface area contributed by atoms with Gasteiger partial charge >= 0.3 is 0 Å². The highest BCUT2D eigenvalue weighted by atomic mass is 16.5. The van der Waals surface area contributed by atoms with Gasteiger partial charge < -0.3 is 9.64 Å². The van der Waals surface area contributed by atoms with Crippen molar-refractivity contribution < 1.29 is 9.53 Å². The molecule has 1 aliphatic rings. The van der Waals surface area contributed by atoms with Crippen LogP contribution in [0.4, 0.5) is 0 Å². The molecule has 0 bridgehead atoms. The minimum atomic E-state index is 0.0210. The maximum Gasteiger partial charge on any atom is 0.254 e. The number of benzene rings is 2. The van der Waals surface area contributed by atoms with E-state index >= 15 is 0 Å². The number of hydrogen-bond acceptors (Lipinski definition) is 4. The third-order valence-electron chi connectivity index (χ3n) is 5.19. The molecule has 5 heteroatoms. The molecule has 1 amide bonds. The maximum atomic E-state index is 12.7. The van der Waals surface area contributed by atoms with Crippen molar-refractivity contribution in [3.8, 4) is 0 Å². The Labute approximate surface area is 159 Å². The summed E-state index contributed by atoms with van der Waals surface area (Å²) < 4.78 is 5.94. The molecule has 138 valence electrons. The molecular formula is C22H23N3O2. The average Bonchev–Trinajstić information content (AvgIpc) is 2.62. The first-order valence-electron chi connectivity index (χ1n) is 9.21. The van der Waals surface area contributed by atoms with Crippen LogP contribution in [0.25, 0.3) is 11.0 Å². The number of amides is 1. The summed E-state index contributed by atoms with van der Waals surface area (Å²) in [5.74, 6) is 0.0210. The van der Waals surface area contributed by atoms with Crippen LogP contribution in [0, 0.1) is 20.8 Å². The van der Waals surface area contributed by atoms with Crippen molar-refractivity contribution in [3.05, 3.63) is 70.5 Å². The highest BCUT2D eigenvalue weighted by Gasteiger charge is 2.32. The largest absolute Gasteiger partial charge is 0.370 e. The smallest absolute Gasteiger partial charge is 0.254 e. The number of hydrogen-bond donors (Lipinski definition) is 0. The van der Waals surface area contributed by atoms with E-state index in [0.717, 1.165) is 22.4 Å². The van der Waals surface area contributed by atoms with Crippen LogP contribution in [0.2, 0.25) is 0 Å². The molecule has 5 nitrogen and oxygen atoms in total. The SMILES string of the molecule is Cc1ccccc1COC1CN(C(=O)c2ccc3nc(C)c(C)nc3c2)C1. The molecule has 4 rings (SSSR count). The van der Waals surface area contributed by atoms with Crippen molar-refractivity contribution in [2.75, 3.05) is 13.1 Å². The number of aryl methyl sites for hydroxylation is 3. The van der Waals surface area contributed by atoms with E-state index in [1.807, 2.05) is 49.1 Å². The predicted molar refractivity (Wildman–Crippen MR) is 105 cm³/mol. The quantitative estimate of drug-likeness (QED) is 0.712. The van der Waals surface area contributed by atoms with E-state index in [-0.39, 0.29) is 12.0 Å². The molecule has 3 aromatic rings. The first-order chi connectivity index (χ1) is 13.0. The summed E-state index contributed by atoms with van der Waals surface area (Å²) in [6.07, 6.45) is 0.0960. The first kappa shape index (κ1) is 17.6. The Bertz CT molecular complexity index is 1010. The Morgan fingerprint density at radius 1 is 1.04 bits per heavy atom. The zero-order valence-corrected chi connectivity index (χ0v) is 15.9. The summed E-state index contributed by atoms with van der Waals surface area (Å²) in [4.78, 5) is 23.6. The molecule has 1 fully saturated rings. The van der Waals surface area contributed by atoms with Crippen molar-refractivity contribution in [1.82, 2.24) is 14.9 Å². The van der Waals surface area contributed by atoms with Crippen molar-refractivity contribution in [2.24, 2.45) is 0 Å². The summed E-state index contributed by atoms with van der Waals surface area (Å²) >= 11 is 0. The number of rotatable bonds is 4. The van der Waals surface area contributed by atoms with Gasteiger partial charge in [-0.05, 0) is 50.1 Å². The number of ether oxygens (including phenoxy) is 1. The molecule has 1 aromatic heterocycles. The number of carbonyl (C=O) groups is 1. The van der Waals surface area contributed by atoms with Crippen molar-refractivity contribution in [1.29, 1.82) is 0 Å². The van der Waals surface area contributed by atoms with Gasteiger partial charge in [-0.25, -0.2) is 9.97 Å². The topological polar surface area (TPSA) is 55.3 Å². The summed E-state index contributed by atoms with van der Waals surface area (Å²) in [5.41, 5.74) is 6.46. The summed E-state index contributed by atoms with van der Waals surface area (Å²) in [6.45, 7) is 7.80. The fraction of sp³-hybridized carbons (Fsp3) is 0.318. The van der Waals surface area contributed by atoms with E-state index in [9.17, 15) is 4.79 Å². The molecule has 27 heavy (non-hydrogen) atoms. The molecule has 0 saturated carbocycles. The molecule has 0 radical (unpaired) electrons. The predicted octanol–water partition coefficient (Wildman–Crippen LogP) is 3.60. The van der Waals surface area contributed by atoms with Crippen molar-refractivity contribution in [2.45, 2.75) is 33.5 Å². The molecular weight excluding hydrogens is 338 g/mol. The van der Waals surface area contributed by atoms with Gasteiger partial charge in [0, 0.05) is 18.7 Å². The third-order valence-corrected chi connectivity index (χ3v) is 5.19. The van der Waals surface area contributed by atoms with Crippen LogP contribution in [-0.4, -0.2) is 40.0 Å². The Kier molecular flexibility index (Phi) is 4.62. The van der Waals surface area contributed by atoms with E-state index in [1.54, 1.807) is 0 Å². The highest BCUT2D eigenvalue weighted by molar-refractivity contribution is 5.97. The lowest BCUT2D eigenvalue weighted by Gasteiger charge is -2.39. The second-order valence-electron chi connectivity index (χ2n) is 7.17. The van der Waals surface area contributed by atoms with Gasteiger partial charge in [0.25, 0.3) is 5.91 Å². The fourth-order valence-corrected chi connectivity index (χ4v) is 3.24. The van der Waals surface area contributed by atoms with Crippen molar-refractivity contribution in [3.63, 3.8) is 0 Å². The van der Waals surface area contributed by atoms with Crippen LogP contribution in [0.3, 0.4) is 0 Å². The third kappa shape index (κ3) is 3.55. The van der Waals surface area contributed by atoms with Crippen molar-refractivity contribution >= 4 is 16.9 Å². The normalized spacial score (nSPS) is 14.4. The second kappa shape index (κ2) is 7.08. The highest BCUT2D eigenvalue weighted by Crippen LogP contribution is 2.21. The molecule has 2 aromatic carbocycles. The van der Waals surface area contributed by atoms with E-state index in [2.05, 4.69) is 29.0 Å². The van der Waals surface area contributed by atoms with Gasteiger partial charge in [-0.2, -0.15) is 0 Å². The van der Waals surface area contributed by atoms with Crippen LogP contribution >= 0.6 is 0 Å². The van der Waals surface area contributed by atoms with Gasteiger partial charge in [-0.15, -0.1) is 0 Å². The molecule has 1 saturated heterocycles. The number of likely N-dealkylation sites (tertiary alicyclic amines) is 1. The zero-order chi connectivity index (χ0) is 19.0. The van der Waals surface area contributed by atoms with Crippen LogP contribution in [-0.2, 0) is 11.3 Å². The molecule has 0 N–H and O–H groups in total. The van der Waals surface area contributed by atoms with Gasteiger partial charge in [-0.1, -0.05) is 24.3 Å². The Morgan fingerprint density at radius 3 is 2.48 bits per heavy atom. The van der Waals surface area contributed by atoms with Crippen LogP contribution < -0.4 is 0 Å². The van der Waals surface area contributed by atoms with E-state index in [1.165, 1.54) is 11.1 Å². The molecule has 0 atom stereocenters. The standard InChI is InChI=1S/C22H23N3O2/c1-14-6-4-5-7-18(14)13-27-19-11-25(12-19)22(26)17-8-9-20-21(10-17)24-16(3)15(2)23-20/h4-10,19H,11-13H2,1-3H3. The van der Waals surface area contributed by atoms with Gasteiger partial charge in [0.2, 0.25) is 0 Å². The molecule has 0 aliphatic carbocycles. The van der Waals surface area contributed by atoms with Gasteiger partial charge in [0.1, 0.15) is 0 Å². The maximum absolute atomic E-state index is 12.7. The van der Waals surface area contributed by atoms with E-state index in [0.29, 0.717) is 25.3 Å². The summed E-state index contributed by atoms with van der Waals surface area (Å²) in [7, 11) is 0. The lowest BCUT2D eigenvalue weighted by molar-refractivity contribution is -0.0504. The molecule has 1 aliphatic heterocycles. The van der Waals surface area contributed by atoms with E-state index in [4.69, 9.17) is 4.74 Å². The lowest BCUT2D eigenvalue weighted by atomic mass is 10.1. The summed E-state index contributed by atoms with van der Waals surface area (Å²) in [5, 5.41) is 0. The molecule has 0 unspecified atom stereocenters. The van der Waals surface area contributed by atoms with Gasteiger partial charge in [0.05, 0.1) is 35.1 Å². The Balaban J connectivity index is 1.38. The second-order valence-corrected chi connectivity index (χ2v) is 7.17. The van der Waals surface area contributed by atoms with Crippen LogP contribution in [0.5, 0.6) is 0 Å². The first-order valence-corrected chi connectivity index (χ1v) is 9.21. The van der Waals surface area contributed by atoms with Crippen LogP contribution in [0.15, 0.2) is 42.5 Å². The Morgan fingerprint density at radius 2 is 1.74 bits per heavy atom.